The lowest BCUT2D eigenvalue weighted by atomic mass is 10.1. The summed E-state index contributed by atoms with van der Waals surface area (Å²) in [5, 5.41) is 21.5. The fourth-order valence-electron chi connectivity index (χ4n) is 3.37. The van der Waals surface area contributed by atoms with E-state index in [1.165, 1.54) is 30.1 Å². The number of rotatable bonds is 12. The third-order valence-electron chi connectivity index (χ3n) is 5.22. The number of nitrogens with one attached hydrogen (secondary N) is 1. The van der Waals surface area contributed by atoms with Crippen LogP contribution in [0.15, 0.2) is 42.0 Å². The summed E-state index contributed by atoms with van der Waals surface area (Å²) in [5.41, 5.74) is 2.82. The molecule has 0 bridgehead atoms. The van der Waals surface area contributed by atoms with Crippen molar-refractivity contribution in [1.82, 2.24) is 10.2 Å². The average molecular weight is 507 g/mol. The topological polar surface area (TPSA) is 106 Å². The molecular weight excluding hydrogens is 476 g/mol. The van der Waals surface area contributed by atoms with Gasteiger partial charge >= 0.3 is 0 Å². The van der Waals surface area contributed by atoms with Crippen molar-refractivity contribution in [3.8, 4) is 23.3 Å². The van der Waals surface area contributed by atoms with Gasteiger partial charge in [-0.15, -0.1) is 10.2 Å². The number of anilines is 1. The molecule has 0 fully saturated rings. The quantitative estimate of drug-likeness (QED) is 0.196. The van der Waals surface area contributed by atoms with Gasteiger partial charge in [0.1, 0.15) is 35.6 Å². The van der Waals surface area contributed by atoms with E-state index < -0.39 is 5.91 Å². The molecule has 3 aromatic rings. The second-order valence-electron chi connectivity index (χ2n) is 8.10. The molecule has 1 N–H and O–H groups in total. The number of nitriles is 1. The molecule has 0 aliphatic heterocycles. The fourth-order valence-corrected chi connectivity index (χ4v) is 4.15. The van der Waals surface area contributed by atoms with Crippen LogP contribution >= 0.6 is 11.3 Å². The van der Waals surface area contributed by atoms with Crippen LogP contribution in [-0.2, 0) is 11.2 Å². The Hall–Kier alpha value is -3.90. The van der Waals surface area contributed by atoms with Crippen molar-refractivity contribution in [3.05, 3.63) is 63.7 Å². The molecule has 0 unspecified atom stereocenters. The van der Waals surface area contributed by atoms with E-state index in [0.717, 1.165) is 35.6 Å². The molecule has 8 nitrogen and oxygen atoms in total. The van der Waals surface area contributed by atoms with Crippen LogP contribution in [0.3, 0.4) is 0 Å². The molecular formula is C27H30N4O4S. The van der Waals surface area contributed by atoms with E-state index >= 15 is 0 Å². The first-order valence-electron chi connectivity index (χ1n) is 11.7. The van der Waals surface area contributed by atoms with Gasteiger partial charge < -0.3 is 14.2 Å². The second-order valence-corrected chi connectivity index (χ2v) is 9.17. The highest BCUT2D eigenvalue weighted by molar-refractivity contribution is 7.15. The molecule has 3 rings (SSSR count). The molecule has 2 aromatic carbocycles. The lowest BCUT2D eigenvalue weighted by Gasteiger charge is -2.13. The van der Waals surface area contributed by atoms with Crippen LogP contribution in [0.4, 0.5) is 5.13 Å². The standard InChI is InChI=1S/C27H30N4O4S/c1-5-6-7-25-30-31-27(36-25)29-26(32)21(17-28)15-20-9-11-23(24(16-20)33-4)35-13-12-34-22-10-8-18(2)14-19(22)3/h8-11,14-16H,5-7,12-13H2,1-4H3,(H,29,31,32). The van der Waals surface area contributed by atoms with Gasteiger partial charge in [-0.3, -0.25) is 10.1 Å². The summed E-state index contributed by atoms with van der Waals surface area (Å²) in [7, 11) is 1.53. The third kappa shape index (κ3) is 7.55. The van der Waals surface area contributed by atoms with E-state index in [-0.39, 0.29) is 5.57 Å². The summed E-state index contributed by atoms with van der Waals surface area (Å²) < 4.78 is 17.1. The minimum absolute atomic E-state index is 0.0575. The van der Waals surface area contributed by atoms with E-state index in [9.17, 15) is 10.1 Å². The predicted octanol–water partition coefficient (Wildman–Crippen LogP) is 5.51. The van der Waals surface area contributed by atoms with Gasteiger partial charge in [-0.1, -0.05) is 48.4 Å². The maximum atomic E-state index is 12.6. The van der Waals surface area contributed by atoms with Gasteiger partial charge in [0.05, 0.1) is 7.11 Å². The summed E-state index contributed by atoms with van der Waals surface area (Å²) >= 11 is 1.32. The highest BCUT2D eigenvalue weighted by atomic mass is 32.1. The first-order valence-corrected chi connectivity index (χ1v) is 12.5. The van der Waals surface area contributed by atoms with Crippen LogP contribution in [-0.4, -0.2) is 36.4 Å². The number of amides is 1. The molecule has 0 aliphatic carbocycles. The van der Waals surface area contributed by atoms with E-state index in [4.69, 9.17) is 14.2 Å². The summed E-state index contributed by atoms with van der Waals surface area (Å²) in [5.74, 6) is 1.30. The van der Waals surface area contributed by atoms with E-state index in [2.05, 4.69) is 28.5 Å². The van der Waals surface area contributed by atoms with Crippen LogP contribution in [0.2, 0.25) is 0 Å². The third-order valence-corrected chi connectivity index (χ3v) is 6.12. The average Bonchev–Trinajstić information content (AvgIpc) is 3.32. The Balaban J connectivity index is 1.60. The number of unbranched alkanes of at least 4 members (excludes halogenated alkanes) is 1. The molecule has 188 valence electrons. The number of hydrogen-bond donors (Lipinski definition) is 1. The zero-order valence-electron chi connectivity index (χ0n) is 21.0. The zero-order chi connectivity index (χ0) is 25.9. The number of carbonyl (C=O) groups is 1. The highest BCUT2D eigenvalue weighted by Crippen LogP contribution is 2.29. The summed E-state index contributed by atoms with van der Waals surface area (Å²) in [6.07, 6.45) is 4.37. The summed E-state index contributed by atoms with van der Waals surface area (Å²) in [4.78, 5) is 12.6. The Morgan fingerprint density at radius 1 is 1.08 bits per heavy atom. The molecule has 0 saturated heterocycles. The summed E-state index contributed by atoms with van der Waals surface area (Å²) in [6, 6.07) is 13.2. The van der Waals surface area contributed by atoms with Crippen LogP contribution in [0.25, 0.3) is 6.08 Å². The molecule has 0 radical (unpaired) electrons. The van der Waals surface area contributed by atoms with Crippen LogP contribution < -0.4 is 19.5 Å². The van der Waals surface area contributed by atoms with Crippen molar-refractivity contribution in [2.24, 2.45) is 0 Å². The number of carbonyl (C=O) groups excluding carboxylic acids is 1. The Morgan fingerprint density at radius 3 is 2.53 bits per heavy atom. The molecule has 36 heavy (non-hydrogen) atoms. The molecule has 1 amide bonds. The number of aryl methyl sites for hydroxylation is 3. The Kier molecular flexibility index (Phi) is 9.83. The smallest absolute Gasteiger partial charge is 0.268 e. The van der Waals surface area contributed by atoms with Crippen LogP contribution in [0.5, 0.6) is 17.2 Å². The van der Waals surface area contributed by atoms with Crippen LogP contribution in [0, 0.1) is 25.2 Å². The second kappa shape index (κ2) is 13.3. The van der Waals surface area contributed by atoms with E-state index in [1.807, 2.05) is 32.0 Å². The summed E-state index contributed by atoms with van der Waals surface area (Å²) in [6.45, 7) is 6.85. The van der Waals surface area contributed by atoms with E-state index in [1.54, 1.807) is 18.2 Å². The number of aromatic nitrogens is 2. The van der Waals surface area contributed by atoms with Crippen molar-refractivity contribution < 1.29 is 19.0 Å². The molecule has 0 aliphatic rings. The molecule has 0 saturated carbocycles. The SMILES string of the molecule is CCCCc1nnc(NC(=O)C(C#N)=Cc2ccc(OCCOc3ccc(C)cc3C)c(OC)c2)s1. The molecule has 0 atom stereocenters. The number of ether oxygens (including phenoxy) is 3. The van der Waals surface area contributed by atoms with Crippen LogP contribution in [0.1, 0.15) is 41.5 Å². The van der Waals surface area contributed by atoms with Gasteiger partial charge in [-0.05, 0) is 55.7 Å². The van der Waals surface area contributed by atoms with Crippen molar-refractivity contribution >= 4 is 28.5 Å². The van der Waals surface area contributed by atoms with Gasteiger partial charge in [0, 0.05) is 6.42 Å². The van der Waals surface area contributed by atoms with Crippen molar-refractivity contribution in [2.45, 2.75) is 40.0 Å². The van der Waals surface area contributed by atoms with Gasteiger partial charge in [0.15, 0.2) is 11.5 Å². The molecule has 1 heterocycles. The lowest BCUT2D eigenvalue weighted by Crippen LogP contribution is -2.13. The van der Waals surface area contributed by atoms with Gasteiger partial charge in [0.2, 0.25) is 5.13 Å². The predicted molar refractivity (Wildman–Crippen MR) is 141 cm³/mol. The zero-order valence-corrected chi connectivity index (χ0v) is 21.8. The monoisotopic (exact) mass is 506 g/mol. The highest BCUT2D eigenvalue weighted by Gasteiger charge is 2.14. The Labute approximate surface area is 215 Å². The van der Waals surface area contributed by atoms with Gasteiger partial charge in [0.25, 0.3) is 5.91 Å². The largest absolute Gasteiger partial charge is 0.493 e. The molecule has 1 aromatic heterocycles. The van der Waals surface area contributed by atoms with Gasteiger partial charge in [-0.2, -0.15) is 5.26 Å². The number of methoxy groups -OCH3 is 1. The minimum Gasteiger partial charge on any atom is -0.493 e. The Bertz CT molecular complexity index is 1260. The normalized spacial score (nSPS) is 11.0. The van der Waals surface area contributed by atoms with E-state index in [0.29, 0.717) is 35.4 Å². The van der Waals surface area contributed by atoms with Crippen molar-refractivity contribution in [3.63, 3.8) is 0 Å². The Morgan fingerprint density at radius 2 is 1.83 bits per heavy atom. The first kappa shape index (κ1) is 26.7. The lowest BCUT2D eigenvalue weighted by molar-refractivity contribution is -0.112. The maximum Gasteiger partial charge on any atom is 0.268 e. The van der Waals surface area contributed by atoms with Crippen molar-refractivity contribution in [2.75, 3.05) is 25.6 Å². The molecule has 9 heteroatoms. The number of benzene rings is 2. The van der Waals surface area contributed by atoms with Gasteiger partial charge in [-0.25, -0.2) is 0 Å². The maximum absolute atomic E-state index is 12.6. The minimum atomic E-state index is -0.543. The fraction of sp³-hybridized carbons (Fsp3) is 0.333. The number of nitrogens with zero attached hydrogens (tertiary/aromatic N) is 3. The first-order chi connectivity index (χ1) is 17.4. The van der Waals surface area contributed by atoms with Crippen molar-refractivity contribution in [1.29, 1.82) is 5.26 Å². The number of hydrogen-bond acceptors (Lipinski definition) is 8. The molecule has 0 spiro atoms.